The van der Waals surface area contributed by atoms with Crippen LogP contribution in [0.15, 0.2) is 78.4 Å². The Bertz CT molecular complexity index is 853. The molecular weight excluding hydrogens is 408 g/mol. The normalized spacial score (nSPS) is 17.6. The molecule has 4 nitrogen and oxygen atoms in total. The molecule has 0 radical (unpaired) electrons. The molecule has 2 aliphatic rings. The van der Waals surface area contributed by atoms with Crippen LogP contribution in [0.5, 0.6) is 5.75 Å². The maximum absolute atomic E-state index is 9.98. The van der Waals surface area contributed by atoms with Crippen molar-refractivity contribution < 1.29 is 9.84 Å². The lowest BCUT2D eigenvalue weighted by atomic mass is 10.0. The number of ether oxygens (including phenoxy) is 1. The first-order valence-corrected chi connectivity index (χ1v) is 12.5. The van der Waals surface area contributed by atoms with E-state index in [1.807, 2.05) is 26.0 Å². The van der Waals surface area contributed by atoms with E-state index in [0.717, 1.165) is 56.6 Å². The Morgan fingerprint density at radius 2 is 1.73 bits per heavy atom. The molecule has 0 aromatic heterocycles. The average molecular weight is 449 g/mol. The molecule has 1 fully saturated rings. The van der Waals surface area contributed by atoms with Gasteiger partial charge in [0.05, 0.1) is 12.6 Å². The third kappa shape index (κ3) is 8.15. The second kappa shape index (κ2) is 14.0. The first kappa shape index (κ1) is 25.2. The van der Waals surface area contributed by atoms with Gasteiger partial charge < -0.3 is 15.2 Å². The number of hydrogen-bond acceptors (Lipinski definition) is 4. The van der Waals surface area contributed by atoms with E-state index < -0.39 is 0 Å². The van der Waals surface area contributed by atoms with Gasteiger partial charge in [0.25, 0.3) is 0 Å². The minimum atomic E-state index is -0.0382. The van der Waals surface area contributed by atoms with E-state index in [-0.39, 0.29) is 12.6 Å². The van der Waals surface area contributed by atoms with Crippen LogP contribution >= 0.6 is 0 Å². The fourth-order valence-electron chi connectivity index (χ4n) is 4.38. The lowest BCUT2D eigenvalue weighted by Gasteiger charge is -2.34. The number of allylic oxidation sites excluding steroid dienone is 2. The van der Waals surface area contributed by atoms with Crippen molar-refractivity contribution in [2.75, 3.05) is 26.3 Å². The molecule has 0 amide bonds. The Labute approximate surface area is 200 Å². The Balaban J connectivity index is 0.00000149. The third-order valence-corrected chi connectivity index (χ3v) is 6.22. The summed E-state index contributed by atoms with van der Waals surface area (Å²) in [5, 5.41) is 13.7. The van der Waals surface area contributed by atoms with Crippen molar-refractivity contribution in [3.05, 3.63) is 89.5 Å². The zero-order chi connectivity index (χ0) is 23.3. The maximum Gasteiger partial charge on any atom is 0.119 e. The maximum atomic E-state index is 9.98. The molecule has 0 bridgehead atoms. The number of nitrogens with zero attached hydrogens (tertiary/aromatic N) is 1. The number of hydrogen-bond donors (Lipinski definition) is 2. The number of aliphatic hydroxyl groups is 1. The monoisotopic (exact) mass is 448 g/mol. The van der Waals surface area contributed by atoms with Gasteiger partial charge >= 0.3 is 0 Å². The molecular formula is C29H40N2O2. The minimum absolute atomic E-state index is 0.0382. The summed E-state index contributed by atoms with van der Waals surface area (Å²) < 4.78 is 5.92. The highest BCUT2D eigenvalue weighted by molar-refractivity contribution is 5.31. The van der Waals surface area contributed by atoms with Crippen LogP contribution in [0.25, 0.3) is 0 Å². The van der Waals surface area contributed by atoms with Gasteiger partial charge in [0.2, 0.25) is 0 Å². The lowest BCUT2D eigenvalue weighted by Crippen LogP contribution is -2.44. The zero-order valence-electron chi connectivity index (χ0n) is 20.2. The van der Waals surface area contributed by atoms with E-state index >= 15 is 0 Å². The molecule has 1 atom stereocenters. The number of aliphatic hydroxyl groups excluding tert-OH is 1. The van der Waals surface area contributed by atoms with Crippen LogP contribution in [0.1, 0.15) is 56.7 Å². The number of rotatable bonds is 9. The van der Waals surface area contributed by atoms with Gasteiger partial charge in [-0.15, -0.1) is 0 Å². The number of benzene rings is 2. The van der Waals surface area contributed by atoms with Gasteiger partial charge in [-0.1, -0.05) is 74.5 Å². The van der Waals surface area contributed by atoms with Crippen molar-refractivity contribution in [1.82, 2.24) is 10.2 Å². The summed E-state index contributed by atoms with van der Waals surface area (Å²) in [6.07, 6.45) is 11.0. The molecule has 0 spiro atoms. The summed E-state index contributed by atoms with van der Waals surface area (Å²) in [4.78, 5) is 2.52. The van der Waals surface area contributed by atoms with Crippen molar-refractivity contribution >= 4 is 0 Å². The quantitative estimate of drug-likeness (QED) is 0.520. The first-order chi connectivity index (χ1) is 16.3. The Hall–Kier alpha value is -2.40. The van der Waals surface area contributed by atoms with Crippen LogP contribution in [-0.4, -0.2) is 42.4 Å². The van der Waals surface area contributed by atoms with Gasteiger partial charge in [0.15, 0.2) is 0 Å². The van der Waals surface area contributed by atoms with E-state index in [1.54, 1.807) is 0 Å². The zero-order valence-corrected chi connectivity index (χ0v) is 20.2. The van der Waals surface area contributed by atoms with Gasteiger partial charge in [-0.2, -0.15) is 0 Å². The van der Waals surface area contributed by atoms with Gasteiger partial charge in [0, 0.05) is 12.6 Å². The predicted octanol–water partition coefficient (Wildman–Crippen LogP) is 5.66. The number of likely N-dealkylation sites (tertiary alicyclic amines) is 1. The summed E-state index contributed by atoms with van der Waals surface area (Å²) in [5.41, 5.74) is 3.72. The fourth-order valence-corrected chi connectivity index (χ4v) is 4.38. The van der Waals surface area contributed by atoms with E-state index in [9.17, 15) is 5.11 Å². The summed E-state index contributed by atoms with van der Waals surface area (Å²) in [5.74, 6) is 0.870. The SMILES string of the molecule is CC.OCC(NC1CCN(Cc2ccccc2)CC1)c1ccc(OCC2=CCCC=C2)cc1. The van der Waals surface area contributed by atoms with Crippen molar-refractivity contribution in [3.63, 3.8) is 0 Å². The Kier molecular flexibility index (Phi) is 10.7. The molecule has 1 heterocycles. The van der Waals surface area contributed by atoms with Gasteiger partial charge in [-0.05, 0) is 67.6 Å². The summed E-state index contributed by atoms with van der Waals surface area (Å²) in [6, 6.07) is 19.2. The number of nitrogens with one attached hydrogen (secondary N) is 1. The topological polar surface area (TPSA) is 44.7 Å². The number of piperidine rings is 1. The molecule has 2 aromatic carbocycles. The first-order valence-electron chi connectivity index (χ1n) is 12.5. The Morgan fingerprint density at radius 1 is 1.00 bits per heavy atom. The molecule has 1 unspecified atom stereocenters. The van der Waals surface area contributed by atoms with Gasteiger partial charge in [-0.25, -0.2) is 0 Å². The van der Waals surface area contributed by atoms with E-state index in [1.165, 1.54) is 11.1 Å². The average Bonchev–Trinajstić information content (AvgIpc) is 2.90. The van der Waals surface area contributed by atoms with E-state index in [2.05, 4.69) is 70.9 Å². The lowest BCUT2D eigenvalue weighted by molar-refractivity contribution is 0.167. The molecule has 1 saturated heterocycles. The molecule has 33 heavy (non-hydrogen) atoms. The molecule has 2 N–H and O–H groups in total. The Morgan fingerprint density at radius 3 is 2.36 bits per heavy atom. The predicted molar refractivity (Wildman–Crippen MR) is 137 cm³/mol. The van der Waals surface area contributed by atoms with Crippen molar-refractivity contribution in [3.8, 4) is 5.75 Å². The third-order valence-electron chi connectivity index (χ3n) is 6.22. The highest BCUT2D eigenvalue weighted by Gasteiger charge is 2.22. The molecule has 0 saturated carbocycles. The summed E-state index contributed by atoms with van der Waals surface area (Å²) >= 11 is 0. The van der Waals surface area contributed by atoms with E-state index in [4.69, 9.17) is 4.74 Å². The highest BCUT2D eigenvalue weighted by Crippen LogP contribution is 2.22. The molecule has 1 aliphatic carbocycles. The molecule has 2 aromatic rings. The van der Waals surface area contributed by atoms with Crippen LogP contribution in [-0.2, 0) is 6.54 Å². The van der Waals surface area contributed by atoms with E-state index in [0.29, 0.717) is 12.6 Å². The van der Waals surface area contributed by atoms with Gasteiger partial charge in [0.1, 0.15) is 12.4 Å². The van der Waals surface area contributed by atoms with Crippen LogP contribution in [0, 0.1) is 0 Å². The standard InChI is InChI=1S/C27H34N2O2.C2H6/c30-20-27(24-11-13-26(14-12-24)31-21-23-9-5-2-6-10-23)28-25-15-17-29(18-16-25)19-22-7-3-1-4-8-22;1-2/h1,3-5,7-14,25,27-28,30H,2,6,15-21H2;1-2H3. The molecule has 4 heteroatoms. The largest absolute Gasteiger partial charge is 0.489 e. The molecule has 178 valence electrons. The summed E-state index contributed by atoms with van der Waals surface area (Å²) in [7, 11) is 0. The summed E-state index contributed by atoms with van der Waals surface area (Å²) in [6.45, 7) is 7.90. The van der Waals surface area contributed by atoms with Crippen LogP contribution in [0.2, 0.25) is 0 Å². The van der Waals surface area contributed by atoms with Crippen LogP contribution in [0.4, 0.5) is 0 Å². The second-order valence-electron chi connectivity index (χ2n) is 8.55. The highest BCUT2D eigenvalue weighted by atomic mass is 16.5. The fraction of sp³-hybridized carbons (Fsp3) is 0.448. The van der Waals surface area contributed by atoms with Crippen molar-refractivity contribution in [2.24, 2.45) is 0 Å². The smallest absolute Gasteiger partial charge is 0.119 e. The second-order valence-corrected chi connectivity index (χ2v) is 8.55. The van der Waals surface area contributed by atoms with Crippen LogP contribution in [0.3, 0.4) is 0 Å². The van der Waals surface area contributed by atoms with Crippen LogP contribution < -0.4 is 10.1 Å². The van der Waals surface area contributed by atoms with Crippen molar-refractivity contribution in [1.29, 1.82) is 0 Å². The van der Waals surface area contributed by atoms with Gasteiger partial charge in [-0.3, -0.25) is 4.90 Å². The minimum Gasteiger partial charge on any atom is -0.489 e. The van der Waals surface area contributed by atoms with Crippen molar-refractivity contribution in [2.45, 2.75) is 58.2 Å². The molecule has 1 aliphatic heterocycles. The molecule has 4 rings (SSSR count).